The van der Waals surface area contributed by atoms with Gasteiger partial charge in [0.25, 0.3) is 0 Å². The summed E-state index contributed by atoms with van der Waals surface area (Å²) >= 11 is 0. The lowest BCUT2D eigenvalue weighted by Gasteiger charge is -2.38. The van der Waals surface area contributed by atoms with E-state index in [1.807, 2.05) is 41.0 Å². The zero-order valence-corrected chi connectivity index (χ0v) is 17.9. The molecule has 2 aliphatic rings. The predicted molar refractivity (Wildman–Crippen MR) is 114 cm³/mol. The van der Waals surface area contributed by atoms with Gasteiger partial charge in [-0.3, -0.25) is 14.5 Å². The second kappa shape index (κ2) is 10.6. The maximum Gasteiger partial charge on any atom is 0.236 e. The van der Waals surface area contributed by atoms with Crippen molar-refractivity contribution >= 4 is 11.8 Å². The Bertz CT molecular complexity index is 686. The molecule has 2 aliphatic heterocycles. The van der Waals surface area contributed by atoms with E-state index in [0.717, 1.165) is 44.6 Å². The third-order valence-corrected chi connectivity index (χ3v) is 6.00. The van der Waals surface area contributed by atoms with Gasteiger partial charge in [0, 0.05) is 45.2 Å². The second-order valence-corrected chi connectivity index (χ2v) is 8.36. The lowest BCUT2D eigenvalue weighted by Crippen LogP contribution is -2.53. The van der Waals surface area contributed by atoms with Crippen molar-refractivity contribution in [2.24, 2.45) is 0 Å². The molecule has 2 amide bonds. The van der Waals surface area contributed by atoms with Crippen LogP contribution in [0.1, 0.15) is 44.6 Å². The Morgan fingerprint density at radius 1 is 1.07 bits per heavy atom. The average Bonchev–Trinajstić information content (AvgIpc) is 2.72. The highest BCUT2D eigenvalue weighted by Gasteiger charge is 2.27. The number of nitrogens with zero attached hydrogens (tertiary/aromatic N) is 3. The highest BCUT2D eigenvalue weighted by Crippen LogP contribution is 2.17. The topological polar surface area (TPSA) is 53.1 Å². The molecule has 3 rings (SSSR count). The maximum absolute atomic E-state index is 12.6. The van der Waals surface area contributed by atoms with Crippen molar-refractivity contribution in [3.63, 3.8) is 0 Å². The molecule has 0 saturated carbocycles. The Labute approximate surface area is 174 Å². The van der Waals surface area contributed by atoms with Crippen molar-refractivity contribution in [1.29, 1.82) is 0 Å². The van der Waals surface area contributed by atoms with Crippen LogP contribution in [0.5, 0.6) is 5.75 Å². The number of piperidine rings is 1. The molecule has 29 heavy (non-hydrogen) atoms. The molecule has 2 fully saturated rings. The molecular formula is C23H35N3O3. The van der Waals surface area contributed by atoms with Crippen LogP contribution in [0.4, 0.5) is 0 Å². The third kappa shape index (κ3) is 6.46. The Hall–Kier alpha value is -2.08. The minimum atomic E-state index is 0.188. The minimum Gasteiger partial charge on any atom is -0.494 e. The highest BCUT2D eigenvalue weighted by atomic mass is 16.5. The normalized spacial score (nSPS) is 20.6. The van der Waals surface area contributed by atoms with E-state index < -0.39 is 0 Å². The Morgan fingerprint density at radius 3 is 2.59 bits per heavy atom. The number of carbonyl (C=O) groups is 2. The van der Waals surface area contributed by atoms with Crippen LogP contribution < -0.4 is 4.74 Å². The molecule has 0 bridgehead atoms. The molecule has 0 aromatic heterocycles. The van der Waals surface area contributed by atoms with Gasteiger partial charge < -0.3 is 14.5 Å². The van der Waals surface area contributed by atoms with E-state index in [9.17, 15) is 9.59 Å². The number of piperazine rings is 1. The highest BCUT2D eigenvalue weighted by molar-refractivity contribution is 5.79. The first-order valence-electron chi connectivity index (χ1n) is 11.0. The summed E-state index contributed by atoms with van der Waals surface area (Å²) in [6.07, 6.45) is 4.68. The fourth-order valence-corrected chi connectivity index (χ4v) is 4.18. The van der Waals surface area contributed by atoms with Crippen LogP contribution in [-0.4, -0.2) is 78.4 Å². The fourth-order valence-electron chi connectivity index (χ4n) is 4.18. The number of carbonyl (C=O) groups excluding carboxylic acids is 2. The third-order valence-electron chi connectivity index (χ3n) is 6.00. The van der Waals surface area contributed by atoms with Gasteiger partial charge in [0.05, 0.1) is 13.2 Å². The number of likely N-dealkylation sites (tertiary alicyclic amines) is 1. The largest absolute Gasteiger partial charge is 0.494 e. The molecule has 1 unspecified atom stereocenters. The van der Waals surface area contributed by atoms with Crippen LogP contribution in [0, 0.1) is 6.92 Å². The van der Waals surface area contributed by atoms with E-state index in [4.69, 9.17) is 4.74 Å². The summed E-state index contributed by atoms with van der Waals surface area (Å²) in [5.74, 6) is 1.29. The second-order valence-electron chi connectivity index (χ2n) is 8.36. The molecule has 6 heteroatoms. The van der Waals surface area contributed by atoms with Gasteiger partial charge in [0.1, 0.15) is 5.75 Å². The summed E-state index contributed by atoms with van der Waals surface area (Å²) in [6, 6.07) is 8.33. The van der Waals surface area contributed by atoms with Gasteiger partial charge in [-0.2, -0.15) is 0 Å². The van der Waals surface area contributed by atoms with E-state index in [0.29, 0.717) is 38.7 Å². The van der Waals surface area contributed by atoms with Crippen LogP contribution in [0.15, 0.2) is 24.3 Å². The van der Waals surface area contributed by atoms with Gasteiger partial charge in [-0.25, -0.2) is 0 Å². The SMILES string of the molecule is Cc1cccc(OCCCC(=O)N2CCN(CC(=O)N3CCCCC3C)CC2)c1. The molecule has 0 radical (unpaired) electrons. The molecule has 0 aliphatic carbocycles. The molecule has 160 valence electrons. The zero-order valence-electron chi connectivity index (χ0n) is 17.9. The van der Waals surface area contributed by atoms with Gasteiger partial charge in [-0.15, -0.1) is 0 Å². The quantitative estimate of drug-likeness (QED) is 0.659. The number of amides is 2. The Morgan fingerprint density at radius 2 is 1.86 bits per heavy atom. The van der Waals surface area contributed by atoms with Gasteiger partial charge in [-0.05, 0) is 57.2 Å². The van der Waals surface area contributed by atoms with Crippen LogP contribution >= 0.6 is 0 Å². The van der Waals surface area contributed by atoms with E-state index >= 15 is 0 Å². The Kier molecular flexibility index (Phi) is 7.92. The number of hydrogen-bond donors (Lipinski definition) is 0. The fraction of sp³-hybridized carbons (Fsp3) is 0.652. The lowest BCUT2D eigenvalue weighted by molar-refractivity contribution is -0.137. The first-order chi connectivity index (χ1) is 14.0. The Balaban J connectivity index is 1.32. The lowest BCUT2D eigenvalue weighted by atomic mass is 10.0. The van der Waals surface area contributed by atoms with Gasteiger partial charge in [0.2, 0.25) is 11.8 Å². The van der Waals surface area contributed by atoms with Crippen molar-refractivity contribution in [2.75, 3.05) is 45.9 Å². The summed E-state index contributed by atoms with van der Waals surface area (Å²) in [6.45, 7) is 9.09. The summed E-state index contributed by atoms with van der Waals surface area (Å²) in [5.41, 5.74) is 1.17. The number of hydrogen-bond acceptors (Lipinski definition) is 4. The molecule has 2 saturated heterocycles. The van der Waals surface area contributed by atoms with Crippen LogP contribution in [0.2, 0.25) is 0 Å². The monoisotopic (exact) mass is 401 g/mol. The smallest absolute Gasteiger partial charge is 0.236 e. The molecule has 6 nitrogen and oxygen atoms in total. The molecule has 1 atom stereocenters. The molecular weight excluding hydrogens is 366 g/mol. The van der Waals surface area contributed by atoms with Crippen LogP contribution in [0.3, 0.4) is 0 Å². The standard InChI is InChI=1S/C23H35N3O3/c1-19-7-5-9-21(17-19)29-16-6-10-22(27)25-14-12-24(13-15-25)18-23(28)26-11-4-3-8-20(26)2/h5,7,9,17,20H,3-4,6,8,10-16,18H2,1-2H3. The maximum atomic E-state index is 12.6. The van der Waals surface area contributed by atoms with Gasteiger partial charge in [-0.1, -0.05) is 12.1 Å². The van der Waals surface area contributed by atoms with Crippen molar-refractivity contribution in [1.82, 2.24) is 14.7 Å². The van der Waals surface area contributed by atoms with Gasteiger partial charge >= 0.3 is 0 Å². The molecule has 0 N–H and O–H groups in total. The first kappa shape index (κ1) is 21.6. The molecule has 0 spiro atoms. The molecule has 2 heterocycles. The van der Waals surface area contributed by atoms with E-state index in [1.165, 1.54) is 12.0 Å². The van der Waals surface area contributed by atoms with Crippen molar-refractivity contribution in [2.45, 2.75) is 52.0 Å². The average molecular weight is 402 g/mol. The van der Waals surface area contributed by atoms with E-state index in [2.05, 4.69) is 11.8 Å². The summed E-state index contributed by atoms with van der Waals surface area (Å²) in [7, 11) is 0. The summed E-state index contributed by atoms with van der Waals surface area (Å²) in [5, 5.41) is 0. The number of rotatable bonds is 7. The number of ether oxygens (including phenoxy) is 1. The van der Waals surface area contributed by atoms with Crippen molar-refractivity contribution in [3.8, 4) is 5.75 Å². The van der Waals surface area contributed by atoms with Crippen molar-refractivity contribution in [3.05, 3.63) is 29.8 Å². The van der Waals surface area contributed by atoms with Gasteiger partial charge in [0.15, 0.2) is 0 Å². The van der Waals surface area contributed by atoms with E-state index in [-0.39, 0.29) is 11.8 Å². The van der Waals surface area contributed by atoms with Crippen LogP contribution in [-0.2, 0) is 9.59 Å². The number of aryl methyl sites for hydroxylation is 1. The molecule has 1 aromatic carbocycles. The number of benzene rings is 1. The predicted octanol–water partition coefficient (Wildman–Crippen LogP) is 2.70. The van der Waals surface area contributed by atoms with Crippen LogP contribution in [0.25, 0.3) is 0 Å². The van der Waals surface area contributed by atoms with E-state index in [1.54, 1.807) is 0 Å². The first-order valence-corrected chi connectivity index (χ1v) is 11.0. The summed E-state index contributed by atoms with van der Waals surface area (Å²) in [4.78, 5) is 31.2. The minimum absolute atomic E-state index is 0.188. The zero-order chi connectivity index (χ0) is 20.6. The summed E-state index contributed by atoms with van der Waals surface area (Å²) < 4.78 is 5.73. The molecule has 1 aromatic rings. The van der Waals surface area contributed by atoms with Crippen molar-refractivity contribution < 1.29 is 14.3 Å².